The Morgan fingerprint density at radius 3 is 2.52 bits per heavy atom. The van der Waals surface area contributed by atoms with Crippen molar-refractivity contribution in [1.29, 1.82) is 0 Å². The Bertz CT molecular complexity index is 553. The summed E-state index contributed by atoms with van der Waals surface area (Å²) < 4.78 is 0. The average molecular weight is 290 g/mol. The third-order valence-corrected chi connectivity index (χ3v) is 3.56. The van der Waals surface area contributed by atoms with E-state index < -0.39 is 23.7 Å². The van der Waals surface area contributed by atoms with E-state index in [2.05, 4.69) is 5.32 Å². The highest BCUT2D eigenvalue weighted by molar-refractivity contribution is 6.39. The van der Waals surface area contributed by atoms with E-state index >= 15 is 0 Å². The first kappa shape index (κ1) is 15.0. The number of nitrogens with one attached hydrogen (secondary N) is 1. The van der Waals surface area contributed by atoms with Gasteiger partial charge >= 0.3 is 17.8 Å². The zero-order chi connectivity index (χ0) is 15.4. The lowest BCUT2D eigenvalue weighted by molar-refractivity contribution is -0.149. The number of nitrogens with zero attached hydrogens (tertiary/aromatic N) is 1. The molecule has 1 aliphatic heterocycles. The molecule has 1 heterocycles. The third-order valence-electron chi connectivity index (χ3n) is 3.56. The van der Waals surface area contributed by atoms with Crippen LogP contribution in [0.25, 0.3) is 0 Å². The maximum absolute atomic E-state index is 12.1. The lowest BCUT2D eigenvalue weighted by atomic mass is 9.98. The smallest absolute Gasteiger partial charge is 0.313 e. The molecule has 1 aliphatic rings. The van der Waals surface area contributed by atoms with Gasteiger partial charge in [0.25, 0.3) is 0 Å². The van der Waals surface area contributed by atoms with E-state index in [4.69, 9.17) is 5.11 Å². The third kappa shape index (κ3) is 3.81. The quantitative estimate of drug-likeness (QED) is 0.803. The molecule has 1 fully saturated rings. The molecule has 2 rings (SSSR count). The highest BCUT2D eigenvalue weighted by Gasteiger charge is 2.31. The van der Waals surface area contributed by atoms with E-state index in [1.807, 2.05) is 19.1 Å². The zero-order valence-electron chi connectivity index (χ0n) is 11.8. The Balaban J connectivity index is 1.97. The topological polar surface area (TPSA) is 86.7 Å². The number of carboxylic acid groups (broad SMARTS) is 1. The van der Waals surface area contributed by atoms with Gasteiger partial charge in [-0.3, -0.25) is 14.4 Å². The highest BCUT2D eigenvalue weighted by atomic mass is 16.4. The summed E-state index contributed by atoms with van der Waals surface area (Å²) in [6.45, 7) is 2.44. The van der Waals surface area contributed by atoms with Crippen LogP contribution in [0.2, 0.25) is 0 Å². The van der Waals surface area contributed by atoms with Crippen LogP contribution in [0.3, 0.4) is 0 Å². The van der Waals surface area contributed by atoms with Crippen molar-refractivity contribution in [3.05, 3.63) is 29.8 Å². The van der Waals surface area contributed by atoms with E-state index in [1.54, 1.807) is 12.1 Å². The molecule has 6 heteroatoms. The number of carbonyl (C=O) groups is 3. The second-order valence-electron chi connectivity index (χ2n) is 5.25. The summed E-state index contributed by atoms with van der Waals surface area (Å²) in [5.74, 6) is -2.92. The molecule has 1 saturated heterocycles. The number of carbonyl (C=O) groups excluding carboxylic acids is 2. The van der Waals surface area contributed by atoms with E-state index in [0.29, 0.717) is 25.1 Å². The Labute approximate surface area is 122 Å². The normalized spacial score (nSPS) is 18.1. The van der Waals surface area contributed by atoms with E-state index in [1.165, 1.54) is 4.90 Å². The van der Waals surface area contributed by atoms with Crippen molar-refractivity contribution in [1.82, 2.24) is 4.90 Å². The molecule has 2 amide bonds. The lowest BCUT2D eigenvalue weighted by Crippen LogP contribution is -2.46. The summed E-state index contributed by atoms with van der Waals surface area (Å²) in [6.07, 6.45) is 1.14. The Morgan fingerprint density at radius 2 is 1.90 bits per heavy atom. The molecule has 6 nitrogen and oxygen atoms in total. The summed E-state index contributed by atoms with van der Waals surface area (Å²) in [7, 11) is 0. The van der Waals surface area contributed by atoms with Gasteiger partial charge in [-0.05, 0) is 31.9 Å². The minimum absolute atomic E-state index is 0.0927. The first-order valence-electron chi connectivity index (χ1n) is 6.87. The predicted molar refractivity (Wildman–Crippen MR) is 76.7 cm³/mol. The molecule has 1 aromatic carbocycles. The maximum atomic E-state index is 12.1. The van der Waals surface area contributed by atoms with Gasteiger partial charge in [-0.2, -0.15) is 0 Å². The molecular formula is C15H18N2O4. The number of hydrogen-bond acceptors (Lipinski definition) is 3. The molecule has 1 unspecified atom stereocenters. The Kier molecular flexibility index (Phi) is 4.57. The van der Waals surface area contributed by atoms with Crippen LogP contribution in [0, 0.1) is 12.8 Å². The molecule has 0 radical (unpaired) electrons. The number of carboxylic acids is 1. The first-order valence-corrected chi connectivity index (χ1v) is 6.87. The van der Waals surface area contributed by atoms with Crippen molar-refractivity contribution in [2.75, 3.05) is 18.4 Å². The average Bonchev–Trinajstić information content (AvgIpc) is 2.49. The standard InChI is InChI=1S/C15H18N2O4/c1-10-4-6-12(7-5-10)16-13(18)14(19)17-8-2-3-11(9-17)15(20)21/h4-7,11H,2-3,8-9H2,1H3,(H,16,18)(H,20,21). The fourth-order valence-corrected chi connectivity index (χ4v) is 2.33. The van der Waals surface area contributed by atoms with E-state index in [0.717, 1.165) is 5.56 Å². The fourth-order valence-electron chi connectivity index (χ4n) is 2.33. The summed E-state index contributed by atoms with van der Waals surface area (Å²) in [6, 6.07) is 7.11. The second-order valence-corrected chi connectivity index (χ2v) is 5.25. The highest BCUT2D eigenvalue weighted by Crippen LogP contribution is 2.17. The van der Waals surface area contributed by atoms with Crippen molar-refractivity contribution in [3.8, 4) is 0 Å². The molecule has 112 valence electrons. The Hall–Kier alpha value is -2.37. The molecule has 0 spiro atoms. The molecule has 0 aromatic heterocycles. The molecule has 1 aromatic rings. The molecule has 2 N–H and O–H groups in total. The van der Waals surface area contributed by atoms with Crippen LogP contribution in [-0.2, 0) is 14.4 Å². The molecule has 1 atom stereocenters. The number of anilines is 1. The van der Waals surface area contributed by atoms with Gasteiger partial charge in [-0.15, -0.1) is 0 Å². The summed E-state index contributed by atoms with van der Waals surface area (Å²) in [5, 5.41) is 11.5. The number of hydrogen-bond donors (Lipinski definition) is 2. The van der Waals surface area contributed by atoms with Gasteiger partial charge in [0, 0.05) is 18.8 Å². The fraction of sp³-hybridized carbons (Fsp3) is 0.400. The van der Waals surface area contributed by atoms with Gasteiger partial charge in [0.1, 0.15) is 0 Å². The van der Waals surface area contributed by atoms with Crippen molar-refractivity contribution < 1.29 is 19.5 Å². The Morgan fingerprint density at radius 1 is 1.24 bits per heavy atom. The van der Waals surface area contributed by atoms with Gasteiger partial charge in [0.15, 0.2) is 0 Å². The molecule has 21 heavy (non-hydrogen) atoms. The molecular weight excluding hydrogens is 272 g/mol. The summed E-state index contributed by atoms with van der Waals surface area (Å²) in [5.41, 5.74) is 1.60. The number of aryl methyl sites for hydroxylation is 1. The van der Waals surface area contributed by atoms with Crippen LogP contribution in [0.15, 0.2) is 24.3 Å². The minimum Gasteiger partial charge on any atom is -0.481 e. The maximum Gasteiger partial charge on any atom is 0.313 e. The molecule has 0 bridgehead atoms. The summed E-state index contributed by atoms with van der Waals surface area (Å²) in [4.78, 5) is 36.3. The predicted octanol–water partition coefficient (Wildman–Crippen LogP) is 1.26. The van der Waals surface area contributed by atoms with Crippen LogP contribution >= 0.6 is 0 Å². The van der Waals surface area contributed by atoms with Crippen LogP contribution in [0.1, 0.15) is 18.4 Å². The number of aliphatic carboxylic acids is 1. The van der Waals surface area contributed by atoms with Gasteiger partial charge in [-0.25, -0.2) is 0 Å². The zero-order valence-corrected chi connectivity index (χ0v) is 11.8. The van der Waals surface area contributed by atoms with Gasteiger partial charge in [0.2, 0.25) is 0 Å². The van der Waals surface area contributed by atoms with Crippen LogP contribution in [0.5, 0.6) is 0 Å². The first-order chi connectivity index (χ1) is 9.97. The summed E-state index contributed by atoms with van der Waals surface area (Å²) >= 11 is 0. The van der Waals surface area contributed by atoms with Gasteiger partial charge < -0.3 is 15.3 Å². The van der Waals surface area contributed by atoms with Crippen LogP contribution < -0.4 is 5.32 Å². The van der Waals surface area contributed by atoms with Crippen molar-refractivity contribution in [2.24, 2.45) is 5.92 Å². The number of likely N-dealkylation sites (tertiary alicyclic amines) is 1. The van der Waals surface area contributed by atoms with E-state index in [9.17, 15) is 14.4 Å². The van der Waals surface area contributed by atoms with Crippen LogP contribution in [0.4, 0.5) is 5.69 Å². The van der Waals surface area contributed by atoms with Gasteiger partial charge in [0.05, 0.1) is 5.92 Å². The lowest BCUT2D eigenvalue weighted by Gasteiger charge is -2.30. The van der Waals surface area contributed by atoms with Crippen molar-refractivity contribution >= 4 is 23.5 Å². The minimum atomic E-state index is -0.925. The number of rotatable bonds is 2. The van der Waals surface area contributed by atoms with Crippen LogP contribution in [-0.4, -0.2) is 40.9 Å². The monoisotopic (exact) mass is 290 g/mol. The number of amides is 2. The molecule has 0 saturated carbocycles. The van der Waals surface area contributed by atoms with Crippen molar-refractivity contribution in [3.63, 3.8) is 0 Å². The molecule has 0 aliphatic carbocycles. The number of benzene rings is 1. The van der Waals surface area contributed by atoms with Gasteiger partial charge in [-0.1, -0.05) is 17.7 Å². The van der Waals surface area contributed by atoms with Crippen molar-refractivity contribution in [2.45, 2.75) is 19.8 Å². The largest absolute Gasteiger partial charge is 0.481 e. The second kappa shape index (κ2) is 6.39. The SMILES string of the molecule is Cc1ccc(NC(=O)C(=O)N2CCCC(C(=O)O)C2)cc1. The van der Waals surface area contributed by atoms with E-state index in [-0.39, 0.29) is 6.54 Å². The number of piperidine rings is 1.